The van der Waals surface area contributed by atoms with E-state index in [-0.39, 0.29) is 5.91 Å². The van der Waals surface area contributed by atoms with Gasteiger partial charge in [0.05, 0.1) is 0 Å². The monoisotopic (exact) mass is 345 g/mol. The minimum atomic E-state index is 0.170. The average Bonchev–Trinajstić information content (AvgIpc) is 2.37. The van der Waals surface area contributed by atoms with Crippen LogP contribution in [0.3, 0.4) is 0 Å². The van der Waals surface area contributed by atoms with Gasteiger partial charge in [-0.3, -0.25) is 4.79 Å². The van der Waals surface area contributed by atoms with E-state index in [4.69, 9.17) is 0 Å². The molecule has 0 radical (unpaired) electrons. The van der Waals surface area contributed by atoms with Gasteiger partial charge in [0.1, 0.15) is 0 Å². The Labute approximate surface area is 117 Å². The Morgan fingerprint density at radius 2 is 1.76 bits per heavy atom. The van der Waals surface area contributed by atoms with Crippen molar-refractivity contribution in [3.63, 3.8) is 0 Å². The molecule has 0 aliphatic heterocycles. The lowest BCUT2D eigenvalue weighted by atomic mass is 10.1. The van der Waals surface area contributed by atoms with Gasteiger partial charge in [0.25, 0.3) is 0 Å². The first kappa shape index (κ1) is 14.5. The molecule has 1 aromatic carbocycles. The summed E-state index contributed by atoms with van der Waals surface area (Å²) in [6.07, 6.45) is 5.36. The molecule has 0 fully saturated rings. The average molecular weight is 345 g/mol. The molecule has 1 rings (SSSR count). The minimum absolute atomic E-state index is 0.170. The second-order valence-electron chi connectivity index (χ2n) is 4.12. The lowest BCUT2D eigenvalue weighted by molar-refractivity contribution is -0.121. The fraction of sp³-hybridized carbons (Fsp3) is 0.500. The van der Waals surface area contributed by atoms with Crippen LogP contribution >= 0.6 is 22.6 Å². The molecule has 1 aromatic rings. The topological polar surface area (TPSA) is 29.1 Å². The SMILES string of the molecule is O=C(CCCCCCI)NCc1ccccc1. The van der Waals surface area contributed by atoms with Gasteiger partial charge in [-0.05, 0) is 22.8 Å². The maximum absolute atomic E-state index is 11.5. The third kappa shape index (κ3) is 7.36. The molecule has 2 nitrogen and oxygen atoms in total. The summed E-state index contributed by atoms with van der Waals surface area (Å²) in [4.78, 5) is 11.5. The summed E-state index contributed by atoms with van der Waals surface area (Å²) < 4.78 is 1.22. The molecular weight excluding hydrogens is 325 g/mol. The number of alkyl halides is 1. The Hall–Kier alpha value is -0.580. The third-order valence-corrected chi connectivity index (χ3v) is 3.38. The number of rotatable bonds is 8. The zero-order valence-electron chi connectivity index (χ0n) is 10.1. The lowest BCUT2D eigenvalue weighted by Crippen LogP contribution is -2.22. The van der Waals surface area contributed by atoms with Crippen LogP contribution in [0.5, 0.6) is 0 Å². The molecule has 17 heavy (non-hydrogen) atoms. The smallest absolute Gasteiger partial charge is 0.220 e. The first-order valence-corrected chi connectivity index (χ1v) is 7.72. The van der Waals surface area contributed by atoms with Crippen molar-refractivity contribution in [1.29, 1.82) is 0 Å². The summed E-state index contributed by atoms with van der Waals surface area (Å²) in [6.45, 7) is 0.646. The van der Waals surface area contributed by atoms with E-state index in [0.29, 0.717) is 13.0 Å². The number of hydrogen-bond acceptors (Lipinski definition) is 1. The van der Waals surface area contributed by atoms with Crippen LogP contribution < -0.4 is 5.32 Å². The molecule has 0 atom stereocenters. The van der Waals surface area contributed by atoms with Crippen molar-refractivity contribution in [3.05, 3.63) is 35.9 Å². The maximum Gasteiger partial charge on any atom is 0.220 e. The van der Waals surface area contributed by atoms with Gasteiger partial charge in [0, 0.05) is 13.0 Å². The van der Waals surface area contributed by atoms with Gasteiger partial charge in [0.15, 0.2) is 0 Å². The van der Waals surface area contributed by atoms with E-state index in [1.54, 1.807) is 0 Å². The van der Waals surface area contributed by atoms with Crippen molar-refractivity contribution in [1.82, 2.24) is 5.32 Å². The number of nitrogens with one attached hydrogen (secondary N) is 1. The van der Waals surface area contributed by atoms with Crippen LogP contribution in [0.4, 0.5) is 0 Å². The van der Waals surface area contributed by atoms with Gasteiger partial charge in [-0.1, -0.05) is 65.8 Å². The van der Waals surface area contributed by atoms with Gasteiger partial charge in [-0.25, -0.2) is 0 Å². The van der Waals surface area contributed by atoms with Gasteiger partial charge < -0.3 is 5.32 Å². The van der Waals surface area contributed by atoms with E-state index < -0.39 is 0 Å². The zero-order valence-corrected chi connectivity index (χ0v) is 12.3. The molecule has 94 valence electrons. The van der Waals surface area contributed by atoms with Crippen LogP contribution in [0.15, 0.2) is 30.3 Å². The Kier molecular flexibility index (Phi) is 8.05. The van der Waals surface area contributed by atoms with Crippen LogP contribution in [0.2, 0.25) is 0 Å². The first-order valence-electron chi connectivity index (χ1n) is 6.19. The number of carbonyl (C=O) groups excluding carboxylic acids is 1. The Balaban J connectivity index is 2.05. The van der Waals surface area contributed by atoms with Crippen LogP contribution in [0.25, 0.3) is 0 Å². The number of amides is 1. The molecule has 1 N–H and O–H groups in total. The lowest BCUT2D eigenvalue weighted by Gasteiger charge is -2.05. The first-order chi connectivity index (χ1) is 8.33. The minimum Gasteiger partial charge on any atom is -0.352 e. The van der Waals surface area contributed by atoms with Crippen molar-refractivity contribution < 1.29 is 4.79 Å². The molecule has 0 spiro atoms. The number of halogens is 1. The number of carbonyl (C=O) groups is 1. The van der Waals surface area contributed by atoms with E-state index in [2.05, 4.69) is 27.9 Å². The second kappa shape index (κ2) is 9.45. The van der Waals surface area contributed by atoms with Gasteiger partial charge >= 0.3 is 0 Å². The van der Waals surface area contributed by atoms with Gasteiger partial charge in [0.2, 0.25) is 5.91 Å². The van der Waals surface area contributed by atoms with Crippen LogP contribution in [0, 0.1) is 0 Å². The largest absolute Gasteiger partial charge is 0.352 e. The number of benzene rings is 1. The van der Waals surface area contributed by atoms with E-state index in [1.165, 1.54) is 23.7 Å². The van der Waals surface area contributed by atoms with Gasteiger partial charge in [-0.15, -0.1) is 0 Å². The highest BCUT2D eigenvalue weighted by molar-refractivity contribution is 14.1. The molecule has 0 aliphatic carbocycles. The summed E-state index contributed by atoms with van der Waals surface area (Å²) in [5.41, 5.74) is 1.16. The summed E-state index contributed by atoms with van der Waals surface area (Å²) in [7, 11) is 0. The van der Waals surface area contributed by atoms with Crippen LogP contribution in [0.1, 0.15) is 37.7 Å². The molecule has 0 aromatic heterocycles. The highest BCUT2D eigenvalue weighted by atomic mass is 127. The fourth-order valence-electron chi connectivity index (χ4n) is 1.62. The molecule has 0 aliphatic rings. The molecular formula is C14H20INO. The zero-order chi connectivity index (χ0) is 12.3. The normalized spacial score (nSPS) is 10.2. The van der Waals surface area contributed by atoms with Crippen molar-refractivity contribution in [2.24, 2.45) is 0 Å². The fourth-order valence-corrected chi connectivity index (χ4v) is 2.16. The molecule has 0 saturated heterocycles. The van der Waals surface area contributed by atoms with E-state index in [9.17, 15) is 4.79 Å². The standard InChI is InChI=1S/C14H20INO/c15-11-7-2-1-6-10-14(17)16-12-13-8-4-3-5-9-13/h3-5,8-9H,1-2,6-7,10-12H2,(H,16,17). The molecule has 0 heterocycles. The Morgan fingerprint density at radius 1 is 1.06 bits per heavy atom. The number of unbranched alkanes of at least 4 members (excludes halogenated alkanes) is 3. The molecule has 0 bridgehead atoms. The highest BCUT2D eigenvalue weighted by Gasteiger charge is 2.00. The van der Waals surface area contributed by atoms with E-state index >= 15 is 0 Å². The predicted octanol–water partition coefficient (Wildman–Crippen LogP) is 3.69. The summed E-state index contributed by atoms with van der Waals surface area (Å²) in [5, 5.41) is 2.95. The quantitative estimate of drug-likeness (QED) is 0.435. The van der Waals surface area contributed by atoms with E-state index in [0.717, 1.165) is 12.0 Å². The van der Waals surface area contributed by atoms with Crippen molar-refractivity contribution in [2.75, 3.05) is 4.43 Å². The Bertz CT molecular complexity index is 313. The Morgan fingerprint density at radius 3 is 2.47 bits per heavy atom. The van der Waals surface area contributed by atoms with Crippen molar-refractivity contribution in [3.8, 4) is 0 Å². The maximum atomic E-state index is 11.5. The van der Waals surface area contributed by atoms with E-state index in [1.807, 2.05) is 30.3 Å². The molecule has 0 unspecified atom stereocenters. The predicted molar refractivity (Wildman–Crippen MR) is 80.3 cm³/mol. The third-order valence-electron chi connectivity index (χ3n) is 2.62. The van der Waals surface area contributed by atoms with Crippen LogP contribution in [-0.4, -0.2) is 10.3 Å². The van der Waals surface area contributed by atoms with Crippen molar-refractivity contribution in [2.45, 2.75) is 38.6 Å². The number of hydrogen-bond donors (Lipinski definition) is 1. The second-order valence-corrected chi connectivity index (χ2v) is 5.19. The molecule has 3 heteroatoms. The van der Waals surface area contributed by atoms with Crippen LogP contribution in [-0.2, 0) is 11.3 Å². The molecule has 0 saturated carbocycles. The summed E-state index contributed by atoms with van der Waals surface area (Å²) >= 11 is 2.39. The summed E-state index contributed by atoms with van der Waals surface area (Å²) in [5.74, 6) is 0.170. The van der Waals surface area contributed by atoms with Crippen molar-refractivity contribution >= 4 is 28.5 Å². The highest BCUT2D eigenvalue weighted by Crippen LogP contribution is 2.05. The molecule has 1 amide bonds. The van der Waals surface area contributed by atoms with Gasteiger partial charge in [-0.2, -0.15) is 0 Å². The summed E-state index contributed by atoms with van der Waals surface area (Å²) in [6, 6.07) is 10.0.